The number of nitrogens with zero attached hydrogens (tertiary/aromatic N) is 1. The lowest BCUT2D eigenvalue weighted by molar-refractivity contribution is 0.0943. The van der Waals surface area contributed by atoms with E-state index in [9.17, 15) is 14.0 Å². The Labute approximate surface area is 148 Å². The van der Waals surface area contributed by atoms with Crippen LogP contribution in [0.15, 0.2) is 47.3 Å². The van der Waals surface area contributed by atoms with Crippen molar-refractivity contribution in [2.75, 3.05) is 0 Å². The molecule has 1 aromatic heterocycles. The molecule has 0 aliphatic carbocycles. The van der Waals surface area contributed by atoms with E-state index in [0.29, 0.717) is 22.2 Å². The molecule has 5 nitrogen and oxygen atoms in total. The fourth-order valence-electron chi connectivity index (χ4n) is 2.53. The standard InChI is InChI=1S/C18H16FN3O2S/c1-10(2)20-16(23)11-3-8-14-15(9-11)21-18(25)22(17(14)24)13-6-4-12(19)5-7-13/h3-10H,1-2H3,(H,20,23)(H,21,25). The minimum Gasteiger partial charge on any atom is -0.350 e. The van der Waals surface area contributed by atoms with E-state index in [1.165, 1.54) is 28.8 Å². The molecule has 3 rings (SSSR count). The Hall–Kier alpha value is -2.80. The number of benzene rings is 2. The Bertz CT molecular complexity index is 1070. The van der Waals surface area contributed by atoms with Gasteiger partial charge >= 0.3 is 0 Å². The number of hydrogen-bond acceptors (Lipinski definition) is 3. The van der Waals surface area contributed by atoms with Crippen LogP contribution in [0.5, 0.6) is 0 Å². The van der Waals surface area contributed by atoms with Crippen molar-refractivity contribution in [1.82, 2.24) is 14.9 Å². The maximum absolute atomic E-state index is 13.1. The minimum atomic E-state index is -0.395. The zero-order valence-corrected chi connectivity index (χ0v) is 14.5. The van der Waals surface area contributed by atoms with Gasteiger partial charge in [0, 0.05) is 11.6 Å². The molecule has 0 unspecified atom stereocenters. The molecule has 1 heterocycles. The normalized spacial score (nSPS) is 11.0. The van der Waals surface area contributed by atoms with Gasteiger partial charge in [-0.1, -0.05) is 0 Å². The quantitative estimate of drug-likeness (QED) is 0.707. The number of hydrogen-bond donors (Lipinski definition) is 2. The first kappa shape index (κ1) is 17.0. The van der Waals surface area contributed by atoms with Crippen molar-refractivity contribution in [1.29, 1.82) is 0 Å². The highest BCUT2D eigenvalue weighted by molar-refractivity contribution is 7.71. The van der Waals surface area contributed by atoms with Gasteiger partial charge < -0.3 is 10.3 Å². The third kappa shape index (κ3) is 3.36. The van der Waals surface area contributed by atoms with E-state index in [1.807, 2.05) is 13.8 Å². The molecule has 3 aromatic rings. The third-order valence-electron chi connectivity index (χ3n) is 3.66. The Kier molecular flexibility index (Phi) is 4.50. The van der Waals surface area contributed by atoms with Crippen molar-refractivity contribution in [2.45, 2.75) is 19.9 Å². The molecule has 0 aliphatic heterocycles. The van der Waals surface area contributed by atoms with Crippen molar-refractivity contribution >= 4 is 29.0 Å². The summed E-state index contributed by atoms with van der Waals surface area (Å²) in [5.74, 6) is -0.618. The van der Waals surface area contributed by atoms with Crippen LogP contribution in [0.4, 0.5) is 4.39 Å². The predicted molar refractivity (Wildman–Crippen MR) is 97.3 cm³/mol. The highest BCUT2D eigenvalue weighted by Gasteiger charge is 2.12. The average Bonchev–Trinajstić information content (AvgIpc) is 2.55. The van der Waals surface area contributed by atoms with Crippen molar-refractivity contribution in [3.8, 4) is 5.69 Å². The zero-order chi connectivity index (χ0) is 18.1. The van der Waals surface area contributed by atoms with E-state index in [2.05, 4.69) is 10.3 Å². The Morgan fingerprint density at radius 3 is 2.52 bits per heavy atom. The largest absolute Gasteiger partial charge is 0.350 e. The molecular formula is C18H16FN3O2S. The number of rotatable bonds is 3. The van der Waals surface area contributed by atoms with Crippen LogP contribution in [-0.2, 0) is 0 Å². The van der Waals surface area contributed by atoms with Gasteiger partial charge in [0.25, 0.3) is 11.5 Å². The number of aromatic nitrogens is 2. The molecule has 0 spiro atoms. The van der Waals surface area contributed by atoms with E-state index in [1.54, 1.807) is 18.2 Å². The van der Waals surface area contributed by atoms with E-state index in [-0.39, 0.29) is 22.3 Å². The van der Waals surface area contributed by atoms with E-state index in [0.717, 1.165) is 0 Å². The number of carbonyl (C=O) groups excluding carboxylic acids is 1. The van der Waals surface area contributed by atoms with E-state index >= 15 is 0 Å². The zero-order valence-electron chi connectivity index (χ0n) is 13.7. The van der Waals surface area contributed by atoms with Crippen molar-refractivity contribution < 1.29 is 9.18 Å². The van der Waals surface area contributed by atoms with Crippen LogP contribution in [0, 0.1) is 10.6 Å². The molecule has 0 atom stereocenters. The molecule has 2 N–H and O–H groups in total. The second kappa shape index (κ2) is 6.60. The van der Waals surface area contributed by atoms with Gasteiger partial charge in [0.1, 0.15) is 5.82 Å². The van der Waals surface area contributed by atoms with E-state index in [4.69, 9.17) is 12.2 Å². The smallest absolute Gasteiger partial charge is 0.266 e. The number of halogens is 1. The summed E-state index contributed by atoms with van der Waals surface area (Å²) in [5.41, 5.74) is 1.05. The van der Waals surface area contributed by atoms with Crippen LogP contribution in [0.2, 0.25) is 0 Å². The van der Waals surface area contributed by atoms with Crippen LogP contribution in [-0.4, -0.2) is 21.5 Å². The number of nitrogens with one attached hydrogen (secondary N) is 2. The first-order valence-corrected chi connectivity index (χ1v) is 8.13. The second-order valence-electron chi connectivity index (χ2n) is 5.94. The van der Waals surface area contributed by atoms with Crippen molar-refractivity contribution in [2.24, 2.45) is 0 Å². The van der Waals surface area contributed by atoms with Gasteiger partial charge in [0.05, 0.1) is 16.6 Å². The van der Waals surface area contributed by atoms with Crippen molar-refractivity contribution in [3.63, 3.8) is 0 Å². The van der Waals surface area contributed by atoms with Crippen LogP contribution in [0.1, 0.15) is 24.2 Å². The van der Waals surface area contributed by atoms with Gasteiger partial charge in [-0.05, 0) is 68.5 Å². The molecule has 0 aliphatic rings. The number of amides is 1. The molecule has 0 saturated carbocycles. The molecule has 0 bridgehead atoms. The molecule has 0 radical (unpaired) electrons. The number of H-pyrrole nitrogens is 1. The highest BCUT2D eigenvalue weighted by Crippen LogP contribution is 2.14. The lowest BCUT2D eigenvalue weighted by Gasteiger charge is -2.11. The Balaban J connectivity index is 2.15. The second-order valence-corrected chi connectivity index (χ2v) is 6.32. The lowest BCUT2D eigenvalue weighted by atomic mass is 10.1. The first-order valence-electron chi connectivity index (χ1n) is 7.72. The predicted octanol–water partition coefficient (Wildman–Crippen LogP) is 3.33. The van der Waals surface area contributed by atoms with Gasteiger partial charge in [-0.3, -0.25) is 14.2 Å². The van der Waals surface area contributed by atoms with E-state index < -0.39 is 5.82 Å². The first-order chi connectivity index (χ1) is 11.9. The Morgan fingerprint density at radius 1 is 1.20 bits per heavy atom. The summed E-state index contributed by atoms with van der Waals surface area (Å²) in [4.78, 5) is 27.9. The Morgan fingerprint density at radius 2 is 1.88 bits per heavy atom. The molecular weight excluding hydrogens is 341 g/mol. The molecule has 1 amide bonds. The van der Waals surface area contributed by atoms with Crippen LogP contribution in [0.25, 0.3) is 16.6 Å². The van der Waals surface area contributed by atoms with Gasteiger partial charge in [-0.25, -0.2) is 4.39 Å². The van der Waals surface area contributed by atoms with Crippen molar-refractivity contribution in [3.05, 3.63) is 69.0 Å². The summed E-state index contributed by atoms with van der Waals surface area (Å²) in [7, 11) is 0. The fraction of sp³-hybridized carbons (Fsp3) is 0.167. The number of aromatic amines is 1. The van der Waals surface area contributed by atoms with Gasteiger partial charge in [-0.2, -0.15) is 0 Å². The topological polar surface area (TPSA) is 66.9 Å². The summed E-state index contributed by atoms with van der Waals surface area (Å²) in [5, 5.41) is 3.19. The SMILES string of the molecule is CC(C)NC(=O)c1ccc2c(=O)n(-c3ccc(F)cc3)c(=S)[nH]c2c1. The summed E-state index contributed by atoms with van der Waals surface area (Å²) >= 11 is 5.27. The molecule has 7 heteroatoms. The molecule has 128 valence electrons. The summed E-state index contributed by atoms with van der Waals surface area (Å²) in [6, 6.07) is 10.3. The minimum absolute atomic E-state index is 0.00756. The fourth-order valence-corrected chi connectivity index (χ4v) is 2.83. The van der Waals surface area contributed by atoms with Gasteiger partial charge in [0.15, 0.2) is 4.77 Å². The molecule has 0 saturated heterocycles. The third-order valence-corrected chi connectivity index (χ3v) is 3.95. The molecule has 0 fully saturated rings. The maximum Gasteiger partial charge on any atom is 0.266 e. The highest BCUT2D eigenvalue weighted by atomic mass is 32.1. The number of carbonyl (C=O) groups is 1. The summed E-state index contributed by atoms with van der Waals surface area (Å²) in [6.07, 6.45) is 0. The molecule has 25 heavy (non-hydrogen) atoms. The number of fused-ring (bicyclic) bond motifs is 1. The summed E-state index contributed by atoms with van der Waals surface area (Å²) in [6.45, 7) is 3.74. The average molecular weight is 357 g/mol. The maximum atomic E-state index is 13.1. The lowest BCUT2D eigenvalue weighted by Crippen LogP contribution is -2.30. The summed E-state index contributed by atoms with van der Waals surface area (Å²) < 4.78 is 14.6. The van der Waals surface area contributed by atoms with Gasteiger partial charge in [-0.15, -0.1) is 0 Å². The molecule has 2 aromatic carbocycles. The van der Waals surface area contributed by atoms with Crippen LogP contribution in [0.3, 0.4) is 0 Å². The monoisotopic (exact) mass is 357 g/mol. The van der Waals surface area contributed by atoms with Crippen LogP contribution >= 0.6 is 12.2 Å². The van der Waals surface area contributed by atoms with Crippen LogP contribution < -0.4 is 10.9 Å². The van der Waals surface area contributed by atoms with Gasteiger partial charge in [0.2, 0.25) is 0 Å².